The van der Waals surface area contributed by atoms with E-state index >= 15 is 0 Å². The van der Waals surface area contributed by atoms with E-state index in [1.807, 2.05) is 16.4 Å². The van der Waals surface area contributed by atoms with Crippen molar-refractivity contribution in [1.29, 1.82) is 0 Å². The Kier molecular flexibility index (Phi) is 5.11. The largest absolute Gasteiger partial charge is 0.327 e. The Labute approximate surface area is 95.6 Å². The Bertz CT molecular complexity index is 285. The van der Waals surface area contributed by atoms with E-state index in [0.29, 0.717) is 5.25 Å². The SMILES string of the molecule is CCn1ncnc1CC(N)CSC(C)C. The number of hydrogen-bond donors (Lipinski definition) is 1. The summed E-state index contributed by atoms with van der Waals surface area (Å²) in [7, 11) is 0. The summed E-state index contributed by atoms with van der Waals surface area (Å²) in [5, 5.41) is 4.77. The van der Waals surface area contributed by atoms with Crippen LogP contribution in [-0.2, 0) is 13.0 Å². The molecule has 1 aromatic rings. The highest BCUT2D eigenvalue weighted by Gasteiger charge is 2.10. The summed E-state index contributed by atoms with van der Waals surface area (Å²) < 4.78 is 1.90. The molecule has 0 saturated carbocycles. The Balaban J connectivity index is 2.40. The first-order chi connectivity index (χ1) is 7.13. The molecule has 1 aromatic heterocycles. The van der Waals surface area contributed by atoms with E-state index in [2.05, 4.69) is 30.9 Å². The van der Waals surface area contributed by atoms with Crippen LogP contribution >= 0.6 is 11.8 Å². The number of nitrogens with two attached hydrogens (primary N) is 1. The van der Waals surface area contributed by atoms with Crippen LogP contribution in [0.4, 0.5) is 0 Å². The quantitative estimate of drug-likeness (QED) is 0.797. The summed E-state index contributed by atoms with van der Waals surface area (Å²) in [6.07, 6.45) is 2.41. The summed E-state index contributed by atoms with van der Waals surface area (Å²) in [5.41, 5.74) is 6.03. The van der Waals surface area contributed by atoms with Crippen molar-refractivity contribution < 1.29 is 0 Å². The third kappa shape index (κ3) is 4.22. The maximum Gasteiger partial charge on any atom is 0.138 e. The lowest BCUT2D eigenvalue weighted by atomic mass is 10.2. The van der Waals surface area contributed by atoms with Gasteiger partial charge < -0.3 is 5.73 Å². The molecule has 1 atom stereocenters. The van der Waals surface area contributed by atoms with Gasteiger partial charge >= 0.3 is 0 Å². The number of rotatable bonds is 6. The number of hydrogen-bond acceptors (Lipinski definition) is 4. The first kappa shape index (κ1) is 12.5. The van der Waals surface area contributed by atoms with E-state index in [0.717, 1.165) is 24.5 Å². The van der Waals surface area contributed by atoms with Crippen LogP contribution in [-0.4, -0.2) is 31.8 Å². The molecule has 1 heterocycles. The molecule has 0 fully saturated rings. The van der Waals surface area contributed by atoms with Gasteiger partial charge in [0.25, 0.3) is 0 Å². The first-order valence-electron chi connectivity index (χ1n) is 5.37. The topological polar surface area (TPSA) is 56.7 Å². The molecule has 0 aliphatic rings. The smallest absolute Gasteiger partial charge is 0.138 e. The molecule has 86 valence electrons. The van der Waals surface area contributed by atoms with Crippen molar-refractivity contribution in [2.45, 2.75) is 45.0 Å². The summed E-state index contributed by atoms with van der Waals surface area (Å²) >= 11 is 1.89. The van der Waals surface area contributed by atoms with Crippen LogP contribution in [0.3, 0.4) is 0 Å². The van der Waals surface area contributed by atoms with Gasteiger partial charge in [-0.25, -0.2) is 4.98 Å². The lowest BCUT2D eigenvalue weighted by Crippen LogP contribution is -2.28. The first-order valence-corrected chi connectivity index (χ1v) is 6.42. The second-order valence-electron chi connectivity index (χ2n) is 3.84. The van der Waals surface area contributed by atoms with Gasteiger partial charge in [-0.2, -0.15) is 16.9 Å². The minimum Gasteiger partial charge on any atom is -0.327 e. The highest BCUT2D eigenvalue weighted by Crippen LogP contribution is 2.11. The molecule has 1 rings (SSSR count). The van der Waals surface area contributed by atoms with Gasteiger partial charge in [0.05, 0.1) is 0 Å². The maximum absolute atomic E-state index is 6.03. The fraction of sp³-hybridized carbons (Fsp3) is 0.800. The molecule has 0 spiro atoms. The second-order valence-corrected chi connectivity index (χ2v) is 5.45. The lowest BCUT2D eigenvalue weighted by Gasteiger charge is -2.12. The fourth-order valence-corrected chi connectivity index (χ4v) is 2.07. The van der Waals surface area contributed by atoms with Crippen LogP contribution in [0.1, 0.15) is 26.6 Å². The fourth-order valence-electron chi connectivity index (χ4n) is 1.32. The Hall–Kier alpha value is -0.550. The van der Waals surface area contributed by atoms with Crippen molar-refractivity contribution in [2.75, 3.05) is 5.75 Å². The van der Waals surface area contributed by atoms with Crippen LogP contribution in [0, 0.1) is 0 Å². The van der Waals surface area contributed by atoms with Crippen molar-refractivity contribution in [3.8, 4) is 0 Å². The number of nitrogens with zero attached hydrogens (tertiary/aromatic N) is 3. The van der Waals surface area contributed by atoms with Crippen LogP contribution in [0.5, 0.6) is 0 Å². The van der Waals surface area contributed by atoms with Gasteiger partial charge in [0.15, 0.2) is 0 Å². The van der Waals surface area contributed by atoms with Crippen LogP contribution in [0.25, 0.3) is 0 Å². The molecular weight excluding hydrogens is 208 g/mol. The zero-order chi connectivity index (χ0) is 11.3. The summed E-state index contributed by atoms with van der Waals surface area (Å²) in [6.45, 7) is 7.30. The molecular formula is C10H20N4S. The third-order valence-electron chi connectivity index (χ3n) is 2.08. The molecule has 0 amide bonds. The van der Waals surface area contributed by atoms with Crippen molar-refractivity contribution >= 4 is 11.8 Å². The number of aryl methyl sites for hydroxylation is 1. The van der Waals surface area contributed by atoms with Crippen LogP contribution in [0.2, 0.25) is 0 Å². The van der Waals surface area contributed by atoms with Gasteiger partial charge in [-0.3, -0.25) is 4.68 Å². The Morgan fingerprint density at radius 1 is 1.53 bits per heavy atom. The zero-order valence-corrected chi connectivity index (χ0v) is 10.5. The zero-order valence-electron chi connectivity index (χ0n) is 9.68. The minimum absolute atomic E-state index is 0.173. The van der Waals surface area contributed by atoms with Crippen molar-refractivity contribution in [2.24, 2.45) is 5.73 Å². The molecule has 0 radical (unpaired) electrons. The van der Waals surface area contributed by atoms with Gasteiger partial charge in [0, 0.05) is 24.8 Å². The molecule has 15 heavy (non-hydrogen) atoms. The van der Waals surface area contributed by atoms with E-state index < -0.39 is 0 Å². The highest BCUT2D eigenvalue weighted by atomic mass is 32.2. The van der Waals surface area contributed by atoms with E-state index in [-0.39, 0.29) is 6.04 Å². The predicted octanol–water partition coefficient (Wildman–Crippen LogP) is 1.31. The van der Waals surface area contributed by atoms with Gasteiger partial charge in [-0.05, 0) is 12.2 Å². The van der Waals surface area contributed by atoms with E-state index in [4.69, 9.17) is 5.73 Å². The maximum atomic E-state index is 6.03. The molecule has 5 heteroatoms. The predicted molar refractivity (Wildman–Crippen MR) is 65.0 cm³/mol. The number of thioether (sulfide) groups is 1. The molecule has 4 nitrogen and oxygen atoms in total. The Morgan fingerprint density at radius 3 is 2.87 bits per heavy atom. The van der Waals surface area contributed by atoms with Crippen molar-refractivity contribution in [1.82, 2.24) is 14.8 Å². The van der Waals surface area contributed by atoms with Gasteiger partial charge in [0.1, 0.15) is 12.2 Å². The molecule has 0 bridgehead atoms. The molecule has 0 aliphatic heterocycles. The molecule has 0 aromatic carbocycles. The minimum atomic E-state index is 0.173. The van der Waals surface area contributed by atoms with Gasteiger partial charge in [-0.1, -0.05) is 13.8 Å². The molecule has 0 saturated heterocycles. The molecule has 1 unspecified atom stereocenters. The van der Waals surface area contributed by atoms with E-state index in [9.17, 15) is 0 Å². The normalized spacial score (nSPS) is 13.4. The lowest BCUT2D eigenvalue weighted by molar-refractivity contribution is 0.588. The molecule has 0 aliphatic carbocycles. The third-order valence-corrected chi connectivity index (χ3v) is 3.37. The monoisotopic (exact) mass is 228 g/mol. The summed E-state index contributed by atoms with van der Waals surface area (Å²) in [5.74, 6) is 1.98. The van der Waals surface area contributed by atoms with Gasteiger partial charge in [-0.15, -0.1) is 0 Å². The second kappa shape index (κ2) is 6.12. The van der Waals surface area contributed by atoms with Gasteiger partial charge in [0.2, 0.25) is 0 Å². The van der Waals surface area contributed by atoms with E-state index in [1.54, 1.807) is 6.33 Å². The average Bonchev–Trinajstić information content (AvgIpc) is 2.62. The molecule has 2 N–H and O–H groups in total. The van der Waals surface area contributed by atoms with Crippen LogP contribution in [0.15, 0.2) is 6.33 Å². The standard InChI is InChI=1S/C10H20N4S/c1-4-14-10(12-7-13-14)5-9(11)6-15-8(2)3/h7-9H,4-6,11H2,1-3H3. The van der Waals surface area contributed by atoms with Crippen LogP contribution < -0.4 is 5.73 Å². The van der Waals surface area contributed by atoms with Crippen molar-refractivity contribution in [3.05, 3.63) is 12.2 Å². The van der Waals surface area contributed by atoms with Crippen molar-refractivity contribution in [3.63, 3.8) is 0 Å². The average molecular weight is 228 g/mol. The Morgan fingerprint density at radius 2 is 2.27 bits per heavy atom. The van der Waals surface area contributed by atoms with E-state index in [1.165, 1.54) is 0 Å². The number of aromatic nitrogens is 3. The summed E-state index contributed by atoms with van der Waals surface area (Å²) in [4.78, 5) is 4.22. The highest BCUT2D eigenvalue weighted by molar-refractivity contribution is 7.99. The summed E-state index contributed by atoms with van der Waals surface area (Å²) in [6, 6.07) is 0.173.